The predicted molar refractivity (Wildman–Crippen MR) is 106 cm³/mol. The van der Waals surface area contributed by atoms with Gasteiger partial charge in [0.2, 0.25) is 11.7 Å². The first-order chi connectivity index (χ1) is 14.1. The molecule has 0 atom stereocenters. The summed E-state index contributed by atoms with van der Waals surface area (Å²) < 4.78 is 23.5. The molecule has 0 spiro atoms. The average molecular weight is 410 g/mol. The molecule has 2 aromatic carbocycles. The summed E-state index contributed by atoms with van der Waals surface area (Å²) in [5.41, 5.74) is 1.61. The smallest absolute Gasteiger partial charge is 0.252 e. The number of H-pyrrole nitrogens is 1. The fraction of sp³-hybridized carbons (Fsp3) is 0.100. The Labute approximate surface area is 169 Å². The highest BCUT2D eigenvalue weighted by molar-refractivity contribution is 7.98. The van der Waals surface area contributed by atoms with Crippen LogP contribution in [0.25, 0.3) is 22.6 Å². The highest BCUT2D eigenvalue weighted by Gasteiger charge is 2.11. The number of nitrogens with zero attached hydrogens (tertiary/aromatic N) is 3. The fourth-order valence-corrected chi connectivity index (χ4v) is 3.29. The molecular formula is C20H15FN4O3S. The van der Waals surface area contributed by atoms with E-state index in [1.807, 2.05) is 24.3 Å². The quantitative estimate of drug-likeness (QED) is 0.380. The second kappa shape index (κ2) is 8.27. The normalized spacial score (nSPS) is 10.8. The van der Waals surface area contributed by atoms with Gasteiger partial charge in [-0.2, -0.15) is 4.98 Å². The lowest BCUT2D eigenvalue weighted by Crippen LogP contribution is -2.08. The number of halogens is 1. The minimum absolute atomic E-state index is 0.300. The van der Waals surface area contributed by atoms with Gasteiger partial charge in [-0.3, -0.25) is 4.79 Å². The summed E-state index contributed by atoms with van der Waals surface area (Å²) in [5, 5.41) is 4.38. The number of rotatable bonds is 6. The van der Waals surface area contributed by atoms with Gasteiger partial charge in [-0.15, -0.1) is 0 Å². The van der Waals surface area contributed by atoms with Gasteiger partial charge in [-0.1, -0.05) is 16.9 Å². The molecule has 0 saturated carbocycles. The van der Waals surface area contributed by atoms with Crippen LogP contribution in [0.2, 0.25) is 0 Å². The molecule has 0 amide bonds. The molecule has 4 aromatic rings. The van der Waals surface area contributed by atoms with E-state index < -0.39 is 0 Å². The van der Waals surface area contributed by atoms with Crippen LogP contribution in [0.5, 0.6) is 5.75 Å². The number of benzene rings is 2. The summed E-state index contributed by atoms with van der Waals surface area (Å²) in [4.78, 5) is 23.4. The maximum absolute atomic E-state index is 13.1. The number of hydrogen-bond acceptors (Lipinski definition) is 7. The number of methoxy groups -OCH3 is 1. The van der Waals surface area contributed by atoms with Gasteiger partial charge in [0, 0.05) is 17.2 Å². The van der Waals surface area contributed by atoms with E-state index in [2.05, 4.69) is 20.1 Å². The highest BCUT2D eigenvalue weighted by atomic mass is 32.2. The molecule has 9 heteroatoms. The van der Waals surface area contributed by atoms with Crippen molar-refractivity contribution in [2.24, 2.45) is 0 Å². The third-order valence-electron chi connectivity index (χ3n) is 4.01. The predicted octanol–water partition coefficient (Wildman–Crippen LogP) is 3.93. The molecular weight excluding hydrogens is 395 g/mol. The summed E-state index contributed by atoms with van der Waals surface area (Å²) in [6, 6.07) is 14.5. The van der Waals surface area contributed by atoms with Crippen molar-refractivity contribution in [1.29, 1.82) is 0 Å². The number of ether oxygens (including phenoxy) is 1. The maximum Gasteiger partial charge on any atom is 0.252 e. The van der Waals surface area contributed by atoms with Gasteiger partial charge in [-0.05, 0) is 48.5 Å². The molecule has 4 rings (SSSR count). The largest absolute Gasteiger partial charge is 0.497 e. The summed E-state index contributed by atoms with van der Waals surface area (Å²) >= 11 is 1.26. The van der Waals surface area contributed by atoms with Gasteiger partial charge in [0.15, 0.2) is 5.16 Å². The summed E-state index contributed by atoms with van der Waals surface area (Å²) in [5.74, 6) is 1.58. The van der Waals surface area contributed by atoms with Gasteiger partial charge in [0.05, 0.1) is 18.6 Å². The minimum Gasteiger partial charge on any atom is -0.497 e. The van der Waals surface area contributed by atoms with E-state index in [4.69, 9.17) is 9.26 Å². The van der Waals surface area contributed by atoms with Crippen LogP contribution in [0.1, 0.15) is 5.89 Å². The molecule has 0 aliphatic rings. The Bertz CT molecular complexity index is 1170. The van der Waals surface area contributed by atoms with Crippen molar-refractivity contribution in [2.75, 3.05) is 7.11 Å². The lowest BCUT2D eigenvalue weighted by molar-refractivity contribution is 0.391. The molecule has 146 valence electrons. The Kier molecular flexibility index (Phi) is 5.39. The Morgan fingerprint density at radius 3 is 2.52 bits per heavy atom. The Balaban J connectivity index is 1.48. The first kappa shape index (κ1) is 18.9. The number of thioether (sulfide) groups is 1. The Morgan fingerprint density at radius 2 is 1.79 bits per heavy atom. The number of hydrogen-bond donors (Lipinski definition) is 1. The van der Waals surface area contributed by atoms with E-state index in [9.17, 15) is 9.18 Å². The van der Waals surface area contributed by atoms with Crippen molar-refractivity contribution in [3.8, 4) is 28.4 Å². The molecule has 0 unspecified atom stereocenters. The van der Waals surface area contributed by atoms with Crippen LogP contribution in [0.4, 0.5) is 4.39 Å². The molecule has 2 aromatic heterocycles. The third kappa shape index (κ3) is 4.52. The maximum atomic E-state index is 13.1. The zero-order valence-electron chi connectivity index (χ0n) is 15.3. The van der Waals surface area contributed by atoms with Crippen molar-refractivity contribution in [3.63, 3.8) is 0 Å². The van der Waals surface area contributed by atoms with E-state index in [0.29, 0.717) is 33.9 Å². The first-order valence-corrected chi connectivity index (χ1v) is 9.56. The van der Waals surface area contributed by atoms with E-state index in [-0.39, 0.29) is 11.4 Å². The topological polar surface area (TPSA) is 93.9 Å². The van der Waals surface area contributed by atoms with Gasteiger partial charge in [0.1, 0.15) is 11.6 Å². The van der Waals surface area contributed by atoms with Crippen LogP contribution in [-0.2, 0) is 5.75 Å². The first-order valence-electron chi connectivity index (χ1n) is 8.58. The van der Waals surface area contributed by atoms with Crippen LogP contribution in [0, 0.1) is 5.82 Å². The monoisotopic (exact) mass is 410 g/mol. The highest BCUT2D eigenvalue weighted by Crippen LogP contribution is 2.24. The Morgan fingerprint density at radius 1 is 1.07 bits per heavy atom. The van der Waals surface area contributed by atoms with Crippen molar-refractivity contribution in [2.45, 2.75) is 10.9 Å². The molecule has 0 saturated heterocycles. The van der Waals surface area contributed by atoms with Gasteiger partial charge >= 0.3 is 0 Å². The van der Waals surface area contributed by atoms with Crippen LogP contribution in [0.3, 0.4) is 0 Å². The second-order valence-electron chi connectivity index (χ2n) is 5.97. The van der Waals surface area contributed by atoms with Crippen LogP contribution < -0.4 is 10.3 Å². The lowest BCUT2D eigenvalue weighted by atomic mass is 10.1. The standard InChI is InChI=1S/C20H15FN4O3S/c1-27-15-8-4-13(5-9-15)19-24-18(28-25-19)11-29-20-22-16(10-17(26)23-20)12-2-6-14(21)7-3-12/h2-10H,11H2,1H3,(H,22,23,26). The molecule has 0 bridgehead atoms. The molecule has 7 nitrogen and oxygen atoms in total. The molecule has 0 radical (unpaired) electrons. The molecule has 0 aliphatic heterocycles. The number of nitrogens with one attached hydrogen (secondary N) is 1. The van der Waals surface area contributed by atoms with Crippen LogP contribution in [0.15, 0.2) is 69.1 Å². The van der Waals surface area contributed by atoms with Crippen molar-refractivity contribution < 1.29 is 13.7 Å². The fourth-order valence-electron chi connectivity index (χ4n) is 2.57. The summed E-state index contributed by atoms with van der Waals surface area (Å²) in [6.45, 7) is 0. The minimum atomic E-state index is -0.350. The van der Waals surface area contributed by atoms with Crippen molar-refractivity contribution in [1.82, 2.24) is 20.1 Å². The van der Waals surface area contributed by atoms with Crippen LogP contribution >= 0.6 is 11.8 Å². The summed E-state index contributed by atoms with van der Waals surface area (Å²) in [6.07, 6.45) is 0. The van der Waals surface area contributed by atoms with Crippen molar-refractivity contribution >= 4 is 11.8 Å². The molecule has 0 fully saturated rings. The third-order valence-corrected chi connectivity index (χ3v) is 4.87. The molecule has 1 N–H and O–H groups in total. The lowest BCUT2D eigenvalue weighted by Gasteiger charge is -2.03. The zero-order chi connectivity index (χ0) is 20.2. The van der Waals surface area contributed by atoms with E-state index in [1.54, 1.807) is 19.2 Å². The van der Waals surface area contributed by atoms with Gasteiger partial charge < -0.3 is 14.2 Å². The van der Waals surface area contributed by atoms with Gasteiger partial charge in [-0.25, -0.2) is 9.37 Å². The van der Waals surface area contributed by atoms with Crippen LogP contribution in [-0.4, -0.2) is 27.2 Å². The molecule has 0 aliphatic carbocycles. The average Bonchev–Trinajstić information content (AvgIpc) is 3.21. The number of aromatic nitrogens is 4. The van der Waals surface area contributed by atoms with E-state index in [1.165, 1.54) is 30.0 Å². The van der Waals surface area contributed by atoms with E-state index >= 15 is 0 Å². The SMILES string of the molecule is COc1ccc(-c2noc(CSc3nc(-c4ccc(F)cc4)cc(=O)[nH]3)n2)cc1. The van der Waals surface area contributed by atoms with Crippen molar-refractivity contribution in [3.05, 3.63) is 76.7 Å². The number of aromatic amines is 1. The van der Waals surface area contributed by atoms with Gasteiger partial charge in [0.25, 0.3) is 5.56 Å². The molecule has 2 heterocycles. The molecule has 29 heavy (non-hydrogen) atoms. The van der Waals surface area contributed by atoms with E-state index in [0.717, 1.165) is 11.3 Å². The summed E-state index contributed by atoms with van der Waals surface area (Å²) in [7, 11) is 1.60. The second-order valence-corrected chi connectivity index (χ2v) is 6.94. The zero-order valence-corrected chi connectivity index (χ0v) is 16.1. The Hall–Kier alpha value is -3.46.